The summed E-state index contributed by atoms with van der Waals surface area (Å²) >= 11 is -5.31. The molecule has 126 valence electrons. The van der Waals surface area contributed by atoms with Crippen molar-refractivity contribution in [1.29, 1.82) is 0 Å². The first-order chi connectivity index (χ1) is 9.58. The van der Waals surface area contributed by atoms with Crippen LogP contribution in [0.2, 0.25) is 0 Å². The Hall–Kier alpha value is -0.0700. The second-order valence-corrected chi connectivity index (χ2v) is 6.29. The van der Waals surface area contributed by atoms with Gasteiger partial charge in [0.15, 0.2) is 6.29 Å². The van der Waals surface area contributed by atoms with Crippen LogP contribution >= 0.6 is 0 Å². The highest BCUT2D eigenvalue weighted by Gasteiger charge is 2.41. The van der Waals surface area contributed by atoms with E-state index in [9.17, 15) is 21.9 Å². The minimum absolute atomic E-state index is 0.256. The summed E-state index contributed by atoms with van der Waals surface area (Å²) in [5.74, 6) is 0. The number of hydrogen-bond donors (Lipinski definition) is 5. The van der Waals surface area contributed by atoms with E-state index in [1.54, 1.807) is 0 Å². The Bertz CT molecular complexity index is 494. The minimum atomic E-state index is -4.73. The van der Waals surface area contributed by atoms with Gasteiger partial charge in [-0.3, -0.25) is 17.8 Å². The highest BCUT2D eigenvalue weighted by atomic mass is 32.3. The summed E-state index contributed by atoms with van der Waals surface area (Å²) in [6.45, 7) is -0.692. The molecule has 1 fully saturated rings. The van der Waals surface area contributed by atoms with Crippen LogP contribution in [0.4, 0.5) is 0 Å². The molecule has 0 aliphatic carbocycles. The lowest BCUT2D eigenvalue weighted by Gasteiger charge is -2.37. The van der Waals surface area contributed by atoms with Crippen molar-refractivity contribution in [3.05, 3.63) is 0 Å². The third-order valence-corrected chi connectivity index (χ3v) is 3.70. The van der Waals surface area contributed by atoms with Gasteiger partial charge in [0.2, 0.25) is 11.3 Å². The second kappa shape index (κ2) is 7.97. The molecule has 6 atom stereocenters. The molecule has 1 heterocycles. The van der Waals surface area contributed by atoms with Gasteiger partial charge in [0.25, 0.3) is 0 Å². The van der Waals surface area contributed by atoms with Gasteiger partial charge < -0.3 is 9.84 Å². The van der Waals surface area contributed by atoms with Crippen LogP contribution in [0.25, 0.3) is 0 Å². The lowest BCUT2D eigenvalue weighted by Crippen LogP contribution is -2.57. The van der Waals surface area contributed by atoms with E-state index in [4.69, 9.17) is 18.4 Å². The molecular weight excluding hydrogens is 358 g/mol. The van der Waals surface area contributed by atoms with E-state index in [-0.39, 0.29) is 6.42 Å². The number of aliphatic hydroxyl groups excluding tert-OH is 1. The topological polar surface area (TPSA) is 189 Å². The maximum absolute atomic E-state index is 10.7. The van der Waals surface area contributed by atoms with Crippen LogP contribution in [0.1, 0.15) is 6.42 Å². The van der Waals surface area contributed by atoms with Crippen LogP contribution in [0.15, 0.2) is 0 Å². The van der Waals surface area contributed by atoms with Gasteiger partial charge in [0, 0.05) is 6.42 Å². The van der Waals surface area contributed by atoms with Crippen molar-refractivity contribution in [2.75, 3.05) is 6.61 Å². The first-order valence-electron chi connectivity index (χ1n) is 5.19. The molecule has 15 heteroatoms. The third-order valence-electron chi connectivity index (χ3n) is 2.38. The van der Waals surface area contributed by atoms with Gasteiger partial charge in [0.05, 0.1) is 12.7 Å². The van der Waals surface area contributed by atoms with Crippen LogP contribution < -0.4 is 4.72 Å². The van der Waals surface area contributed by atoms with Crippen molar-refractivity contribution < 1.29 is 48.7 Å². The third kappa shape index (κ3) is 7.15. The van der Waals surface area contributed by atoms with Gasteiger partial charge in [-0.15, -0.1) is 0 Å². The number of rotatable bonds is 7. The molecule has 12 nitrogen and oxygen atoms in total. The average molecular weight is 371 g/mol. The molecule has 1 aliphatic rings. The summed E-state index contributed by atoms with van der Waals surface area (Å²) in [7, 11) is -4.73. The van der Waals surface area contributed by atoms with Crippen LogP contribution in [-0.4, -0.2) is 66.7 Å². The minimum Gasteiger partial charge on any atom is -0.366 e. The van der Waals surface area contributed by atoms with Gasteiger partial charge in [-0.05, 0) is 0 Å². The molecule has 0 saturated carbocycles. The molecule has 0 aromatic carbocycles. The molecule has 1 saturated heterocycles. The van der Waals surface area contributed by atoms with Crippen molar-refractivity contribution >= 4 is 33.0 Å². The SMILES string of the molecule is O=S(O)NC1C(O)OC(COS(=O)(=O)O)C[C@@H]1OS(=O)O. The Morgan fingerprint density at radius 3 is 2.43 bits per heavy atom. The Balaban J connectivity index is 2.75. The van der Waals surface area contributed by atoms with E-state index in [1.807, 2.05) is 4.72 Å². The lowest BCUT2D eigenvalue weighted by atomic mass is 10.0. The molecule has 5 N–H and O–H groups in total. The molecule has 5 unspecified atom stereocenters. The van der Waals surface area contributed by atoms with Gasteiger partial charge in [-0.25, -0.2) is 13.1 Å². The maximum atomic E-state index is 10.7. The number of hydrogen-bond acceptors (Lipinski definition) is 8. The Morgan fingerprint density at radius 1 is 1.33 bits per heavy atom. The zero-order valence-corrected chi connectivity index (χ0v) is 12.5. The van der Waals surface area contributed by atoms with Crippen LogP contribution in [0.5, 0.6) is 0 Å². The fourth-order valence-electron chi connectivity index (χ4n) is 1.65. The van der Waals surface area contributed by atoms with E-state index >= 15 is 0 Å². The fourth-order valence-corrected chi connectivity index (χ4v) is 2.89. The predicted molar refractivity (Wildman–Crippen MR) is 66.3 cm³/mol. The van der Waals surface area contributed by atoms with Gasteiger partial charge in [-0.2, -0.15) is 12.6 Å². The Labute approximate surface area is 124 Å². The molecule has 0 aromatic rings. The molecule has 1 rings (SSSR count). The summed E-state index contributed by atoms with van der Waals surface area (Å²) < 4.78 is 83.5. The molecule has 0 aromatic heterocycles. The van der Waals surface area contributed by atoms with E-state index in [0.29, 0.717) is 0 Å². The van der Waals surface area contributed by atoms with E-state index in [2.05, 4.69) is 8.37 Å². The Morgan fingerprint density at radius 2 is 1.95 bits per heavy atom. The van der Waals surface area contributed by atoms with Crippen molar-refractivity contribution in [3.63, 3.8) is 0 Å². The number of ether oxygens (including phenoxy) is 1. The highest BCUT2D eigenvalue weighted by Crippen LogP contribution is 2.23. The van der Waals surface area contributed by atoms with Gasteiger partial charge in [-0.1, -0.05) is 0 Å². The number of aliphatic hydroxyl groups is 1. The molecule has 0 amide bonds. The number of nitrogens with one attached hydrogen (secondary N) is 1. The standard InChI is InChI=1S/C6H13NO11S3/c8-6-5(7-19(9)10)4(18-20(11)12)1-3(17-6)2-16-21(13,14)15/h3-8H,1-2H2,(H,9,10)(H,11,12)(H,13,14,15)/t3?,4-,5?,6?/m0/s1. The van der Waals surface area contributed by atoms with Crippen molar-refractivity contribution in [2.45, 2.75) is 31.0 Å². The Kier molecular flexibility index (Phi) is 7.20. The predicted octanol–water partition coefficient (Wildman–Crippen LogP) is -2.47. The van der Waals surface area contributed by atoms with Gasteiger partial charge in [0.1, 0.15) is 12.1 Å². The molecule has 0 spiro atoms. The summed E-state index contributed by atoms with van der Waals surface area (Å²) in [5.41, 5.74) is 0. The van der Waals surface area contributed by atoms with Crippen LogP contribution in [0.3, 0.4) is 0 Å². The van der Waals surface area contributed by atoms with Crippen molar-refractivity contribution in [2.24, 2.45) is 0 Å². The largest absolute Gasteiger partial charge is 0.397 e. The molecule has 0 bridgehead atoms. The second-order valence-electron chi connectivity index (χ2n) is 3.84. The van der Waals surface area contributed by atoms with Crippen LogP contribution in [-0.2, 0) is 46.1 Å². The van der Waals surface area contributed by atoms with E-state index < -0.39 is 64.2 Å². The zero-order chi connectivity index (χ0) is 16.2. The summed E-state index contributed by atoms with van der Waals surface area (Å²) in [5, 5.41) is 9.64. The first-order valence-corrected chi connectivity index (χ1v) is 8.69. The quantitative estimate of drug-likeness (QED) is 0.235. The maximum Gasteiger partial charge on any atom is 0.397 e. The fraction of sp³-hybridized carbons (Fsp3) is 1.00. The van der Waals surface area contributed by atoms with E-state index in [0.717, 1.165) is 0 Å². The summed E-state index contributed by atoms with van der Waals surface area (Å²) in [6, 6.07) is -1.33. The first kappa shape index (κ1) is 19.0. The molecule has 0 radical (unpaired) electrons. The smallest absolute Gasteiger partial charge is 0.366 e. The average Bonchev–Trinajstić information content (AvgIpc) is 2.29. The molecular formula is C6H13NO11S3. The van der Waals surface area contributed by atoms with Crippen molar-refractivity contribution in [1.82, 2.24) is 4.72 Å². The zero-order valence-electron chi connectivity index (χ0n) is 10.1. The monoisotopic (exact) mass is 371 g/mol. The highest BCUT2D eigenvalue weighted by molar-refractivity contribution is 7.80. The normalized spacial score (nSPS) is 33.5. The van der Waals surface area contributed by atoms with Crippen molar-refractivity contribution in [3.8, 4) is 0 Å². The lowest BCUT2D eigenvalue weighted by molar-refractivity contribution is -0.204. The summed E-state index contributed by atoms with van der Waals surface area (Å²) in [4.78, 5) is 0. The molecule has 1 aliphatic heterocycles. The van der Waals surface area contributed by atoms with Gasteiger partial charge >= 0.3 is 21.8 Å². The molecule has 21 heavy (non-hydrogen) atoms. The summed E-state index contributed by atoms with van der Waals surface area (Å²) in [6.07, 6.45) is -4.38. The van der Waals surface area contributed by atoms with Crippen LogP contribution in [0, 0.1) is 0 Å². The van der Waals surface area contributed by atoms with E-state index in [1.165, 1.54) is 0 Å².